The van der Waals surface area contributed by atoms with Crippen LogP contribution in [0.5, 0.6) is 0 Å². The molecule has 27 heavy (non-hydrogen) atoms. The summed E-state index contributed by atoms with van der Waals surface area (Å²) in [6, 6.07) is 9.48. The highest BCUT2D eigenvalue weighted by Gasteiger charge is 2.27. The summed E-state index contributed by atoms with van der Waals surface area (Å²) in [4.78, 5) is 20.6. The molecular formula is C20H20F2N4O. The van der Waals surface area contributed by atoms with Crippen molar-refractivity contribution in [3.05, 3.63) is 71.9 Å². The second-order valence-electron chi connectivity index (χ2n) is 6.67. The van der Waals surface area contributed by atoms with E-state index in [9.17, 15) is 13.6 Å². The Morgan fingerprint density at radius 1 is 1.07 bits per heavy atom. The summed E-state index contributed by atoms with van der Waals surface area (Å²) in [5.74, 6) is -0.408. The fourth-order valence-corrected chi connectivity index (χ4v) is 3.43. The minimum Gasteiger partial charge on any atom is -0.336 e. The summed E-state index contributed by atoms with van der Waals surface area (Å²) in [6.07, 6.45) is 4.37. The minimum absolute atomic E-state index is 0.0830. The molecule has 1 saturated heterocycles. The van der Waals surface area contributed by atoms with E-state index in [1.807, 2.05) is 16.7 Å². The van der Waals surface area contributed by atoms with Crippen LogP contribution in [0.25, 0.3) is 5.65 Å². The van der Waals surface area contributed by atoms with Crippen molar-refractivity contribution in [3.8, 4) is 0 Å². The van der Waals surface area contributed by atoms with Gasteiger partial charge in [-0.1, -0.05) is 12.1 Å². The summed E-state index contributed by atoms with van der Waals surface area (Å²) in [7, 11) is 0. The van der Waals surface area contributed by atoms with E-state index in [4.69, 9.17) is 0 Å². The molecule has 3 heterocycles. The SMILES string of the molecule is O=C(c1cccn2ccnc12)N1CCN(C(F)Cc2ccc(F)cc2)CC1. The molecule has 1 amide bonds. The molecule has 1 aromatic carbocycles. The van der Waals surface area contributed by atoms with Gasteiger partial charge in [0.15, 0.2) is 6.30 Å². The van der Waals surface area contributed by atoms with Gasteiger partial charge in [-0.05, 0) is 29.8 Å². The van der Waals surface area contributed by atoms with E-state index in [1.54, 1.807) is 40.4 Å². The zero-order chi connectivity index (χ0) is 18.8. The van der Waals surface area contributed by atoms with Crippen molar-refractivity contribution in [2.45, 2.75) is 12.7 Å². The highest BCUT2D eigenvalue weighted by atomic mass is 19.1. The molecule has 5 nitrogen and oxygen atoms in total. The molecule has 3 aromatic rings. The van der Waals surface area contributed by atoms with Gasteiger partial charge in [0.2, 0.25) is 0 Å². The molecule has 2 aromatic heterocycles. The van der Waals surface area contributed by atoms with Crippen molar-refractivity contribution in [2.75, 3.05) is 26.2 Å². The predicted octanol–water partition coefficient (Wildman–Crippen LogP) is 2.77. The van der Waals surface area contributed by atoms with Crippen molar-refractivity contribution in [1.29, 1.82) is 0 Å². The Bertz CT molecular complexity index is 933. The fourth-order valence-electron chi connectivity index (χ4n) is 3.43. The van der Waals surface area contributed by atoms with Crippen LogP contribution in [0.15, 0.2) is 55.0 Å². The number of nitrogens with zero attached hydrogens (tertiary/aromatic N) is 4. The van der Waals surface area contributed by atoms with Gasteiger partial charge in [-0.3, -0.25) is 9.69 Å². The number of rotatable bonds is 4. The molecule has 0 N–H and O–H groups in total. The fraction of sp³-hybridized carbons (Fsp3) is 0.300. The largest absolute Gasteiger partial charge is 0.336 e. The van der Waals surface area contributed by atoms with Crippen LogP contribution < -0.4 is 0 Å². The van der Waals surface area contributed by atoms with E-state index in [-0.39, 0.29) is 18.1 Å². The molecule has 4 rings (SSSR count). The van der Waals surface area contributed by atoms with Crippen LogP contribution in [0.1, 0.15) is 15.9 Å². The third kappa shape index (κ3) is 3.68. The zero-order valence-corrected chi connectivity index (χ0v) is 14.8. The van der Waals surface area contributed by atoms with Crippen molar-refractivity contribution >= 4 is 11.6 Å². The van der Waals surface area contributed by atoms with E-state index < -0.39 is 6.30 Å². The maximum atomic E-state index is 14.6. The zero-order valence-electron chi connectivity index (χ0n) is 14.8. The number of imidazole rings is 1. The maximum Gasteiger partial charge on any atom is 0.257 e. The number of alkyl halides is 1. The lowest BCUT2D eigenvalue weighted by atomic mass is 10.1. The number of hydrogen-bond donors (Lipinski definition) is 0. The molecule has 1 aliphatic rings. The summed E-state index contributed by atoms with van der Waals surface area (Å²) in [5, 5.41) is 0. The molecule has 1 fully saturated rings. The summed E-state index contributed by atoms with van der Waals surface area (Å²) in [6.45, 7) is 1.85. The molecule has 1 aliphatic heterocycles. The Labute approximate surface area is 155 Å². The first-order valence-corrected chi connectivity index (χ1v) is 8.95. The Morgan fingerprint density at radius 3 is 2.56 bits per heavy atom. The van der Waals surface area contributed by atoms with Gasteiger partial charge >= 0.3 is 0 Å². The van der Waals surface area contributed by atoms with Crippen LogP contribution in [0, 0.1) is 5.82 Å². The summed E-state index contributed by atoms with van der Waals surface area (Å²) in [5.41, 5.74) is 1.94. The van der Waals surface area contributed by atoms with E-state index in [0.29, 0.717) is 37.4 Å². The molecule has 7 heteroatoms. The first-order chi connectivity index (χ1) is 13.1. The smallest absolute Gasteiger partial charge is 0.257 e. The van der Waals surface area contributed by atoms with Gasteiger partial charge in [0.05, 0.1) is 5.56 Å². The minimum atomic E-state index is -1.15. The van der Waals surface area contributed by atoms with Gasteiger partial charge in [-0.2, -0.15) is 0 Å². The Kier molecular flexibility index (Phi) is 4.85. The predicted molar refractivity (Wildman–Crippen MR) is 97.7 cm³/mol. The summed E-state index contributed by atoms with van der Waals surface area (Å²) < 4.78 is 29.4. The lowest BCUT2D eigenvalue weighted by Gasteiger charge is -2.36. The Hall–Kier alpha value is -2.80. The standard InChI is InChI=1S/C20H20F2N4O/c21-16-5-3-15(4-6-16)14-18(22)24-10-12-26(13-11-24)20(27)17-2-1-8-25-9-7-23-19(17)25/h1-9,18H,10-14H2. The third-order valence-electron chi connectivity index (χ3n) is 4.96. The van der Waals surface area contributed by atoms with E-state index in [1.165, 1.54) is 12.1 Å². The lowest BCUT2D eigenvalue weighted by Crippen LogP contribution is -2.51. The number of amides is 1. The van der Waals surface area contributed by atoms with Crippen LogP contribution in [0.3, 0.4) is 0 Å². The quantitative estimate of drug-likeness (QED) is 0.663. The van der Waals surface area contributed by atoms with Crippen LogP contribution in [-0.2, 0) is 6.42 Å². The van der Waals surface area contributed by atoms with Gasteiger partial charge in [0.25, 0.3) is 5.91 Å². The average molecular weight is 370 g/mol. The van der Waals surface area contributed by atoms with Gasteiger partial charge in [-0.25, -0.2) is 13.8 Å². The highest BCUT2D eigenvalue weighted by Crippen LogP contribution is 2.17. The number of aromatic nitrogens is 2. The maximum absolute atomic E-state index is 14.6. The third-order valence-corrected chi connectivity index (χ3v) is 4.96. The number of benzene rings is 1. The molecule has 0 aliphatic carbocycles. The first kappa shape index (κ1) is 17.6. The van der Waals surface area contributed by atoms with Crippen molar-refractivity contribution < 1.29 is 13.6 Å². The number of carbonyl (C=O) groups excluding carboxylic acids is 1. The monoisotopic (exact) mass is 370 g/mol. The van der Waals surface area contributed by atoms with E-state index in [2.05, 4.69) is 4.98 Å². The number of fused-ring (bicyclic) bond motifs is 1. The van der Waals surface area contributed by atoms with Crippen molar-refractivity contribution in [3.63, 3.8) is 0 Å². The Balaban J connectivity index is 1.37. The van der Waals surface area contributed by atoms with Crippen molar-refractivity contribution in [2.24, 2.45) is 0 Å². The molecule has 1 atom stereocenters. The van der Waals surface area contributed by atoms with Gasteiger partial charge in [0.1, 0.15) is 11.5 Å². The van der Waals surface area contributed by atoms with E-state index in [0.717, 1.165) is 5.56 Å². The number of halogens is 2. The molecule has 0 radical (unpaired) electrons. The molecule has 0 saturated carbocycles. The number of hydrogen-bond acceptors (Lipinski definition) is 3. The number of pyridine rings is 1. The lowest BCUT2D eigenvalue weighted by molar-refractivity contribution is 0.0280. The average Bonchev–Trinajstić information content (AvgIpc) is 3.18. The summed E-state index contributed by atoms with van der Waals surface area (Å²) >= 11 is 0. The van der Waals surface area contributed by atoms with Gasteiger partial charge < -0.3 is 9.30 Å². The normalized spacial score (nSPS) is 16.6. The number of carbonyl (C=O) groups is 1. The van der Waals surface area contributed by atoms with Crippen LogP contribution in [0.4, 0.5) is 8.78 Å². The molecule has 0 bridgehead atoms. The first-order valence-electron chi connectivity index (χ1n) is 8.95. The molecule has 0 spiro atoms. The number of piperazine rings is 1. The second-order valence-corrected chi connectivity index (χ2v) is 6.67. The Morgan fingerprint density at radius 2 is 1.81 bits per heavy atom. The molecule has 1 unspecified atom stereocenters. The van der Waals surface area contributed by atoms with Gasteiger partial charge in [0, 0.05) is 51.2 Å². The van der Waals surface area contributed by atoms with Crippen LogP contribution >= 0.6 is 0 Å². The topological polar surface area (TPSA) is 40.9 Å². The molecule has 140 valence electrons. The van der Waals surface area contributed by atoms with Crippen molar-refractivity contribution in [1.82, 2.24) is 19.2 Å². The van der Waals surface area contributed by atoms with Crippen LogP contribution in [0.2, 0.25) is 0 Å². The highest BCUT2D eigenvalue weighted by molar-refractivity contribution is 5.99. The van der Waals surface area contributed by atoms with Crippen LogP contribution in [-0.4, -0.2) is 57.6 Å². The van der Waals surface area contributed by atoms with E-state index >= 15 is 0 Å². The van der Waals surface area contributed by atoms with Gasteiger partial charge in [-0.15, -0.1) is 0 Å². The molecular weight excluding hydrogens is 350 g/mol. The second kappa shape index (κ2) is 7.44.